The number of fused-ring (bicyclic) bond motifs is 1. The molecule has 0 saturated carbocycles. The van der Waals surface area contributed by atoms with Crippen molar-refractivity contribution in [3.63, 3.8) is 0 Å². The van der Waals surface area contributed by atoms with Gasteiger partial charge >= 0.3 is 5.97 Å². The number of anilines is 1. The van der Waals surface area contributed by atoms with Crippen LogP contribution >= 0.6 is 0 Å². The summed E-state index contributed by atoms with van der Waals surface area (Å²) >= 11 is 0. The first-order valence-electron chi connectivity index (χ1n) is 11.1. The fourth-order valence-electron chi connectivity index (χ4n) is 3.47. The molecule has 0 radical (unpaired) electrons. The van der Waals surface area contributed by atoms with Crippen LogP contribution in [0.4, 0.5) is 6.01 Å². The Morgan fingerprint density at radius 3 is 2.44 bits per heavy atom. The topological polar surface area (TPSA) is 74.0 Å². The Hall–Kier alpha value is -3.84. The van der Waals surface area contributed by atoms with E-state index in [9.17, 15) is 4.79 Å². The molecule has 0 N–H and O–H groups in total. The molecule has 0 saturated heterocycles. The second kappa shape index (κ2) is 11.3. The van der Waals surface area contributed by atoms with E-state index in [1.54, 1.807) is 0 Å². The van der Waals surface area contributed by atoms with E-state index in [4.69, 9.17) is 18.6 Å². The molecular weight excluding hydrogens is 432 g/mol. The van der Waals surface area contributed by atoms with E-state index in [2.05, 4.69) is 4.98 Å². The number of rotatable bonds is 11. The highest BCUT2D eigenvalue weighted by Gasteiger charge is 2.20. The van der Waals surface area contributed by atoms with Crippen molar-refractivity contribution in [3.05, 3.63) is 90.0 Å². The minimum absolute atomic E-state index is 0.343. The molecule has 1 unspecified atom stereocenters. The third kappa shape index (κ3) is 6.14. The number of likely N-dealkylation sites (N-methyl/N-ethyl adjacent to an activating group) is 1. The average Bonchev–Trinajstić information content (AvgIpc) is 3.32. The quantitative estimate of drug-likeness (QED) is 0.302. The Morgan fingerprint density at radius 1 is 0.971 bits per heavy atom. The predicted octanol–water partition coefficient (Wildman–Crippen LogP) is 4.64. The Labute approximate surface area is 198 Å². The van der Waals surface area contributed by atoms with E-state index >= 15 is 0 Å². The van der Waals surface area contributed by atoms with Gasteiger partial charge in [-0.05, 0) is 35.4 Å². The van der Waals surface area contributed by atoms with Gasteiger partial charge in [-0.1, -0.05) is 54.6 Å². The van der Waals surface area contributed by atoms with E-state index in [-0.39, 0.29) is 0 Å². The highest BCUT2D eigenvalue weighted by Crippen LogP contribution is 2.21. The van der Waals surface area contributed by atoms with Crippen LogP contribution in [0.3, 0.4) is 0 Å². The van der Waals surface area contributed by atoms with Crippen LogP contribution in [0.2, 0.25) is 0 Å². The smallest absolute Gasteiger partial charge is 0.335 e. The third-order valence-electron chi connectivity index (χ3n) is 5.41. The van der Waals surface area contributed by atoms with Crippen molar-refractivity contribution in [2.24, 2.45) is 0 Å². The Balaban J connectivity index is 1.27. The van der Waals surface area contributed by atoms with Gasteiger partial charge in [0.05, 0.1) is 20.3 Å². The third-order valence-corrected chi connectivity index (χ3v) is 5.41. The van der Waals surface area contributed by atoms with Gasteiger partial charge in [0.15, 0.2) is 11.7 Å². The summed E-state index contributed by atoms with van der Waals surface area (Å²) < 4.78 is 22.4. The number of methoxy groups -OCH3 is 1. The summed E-state index contributed by atoms with van der Waals surface area (Å²) in [6, 6.07) is 25.6. The second-order valence-electron chi connectivity index (χ2n) is 7.89. The van der Waals surface area contributed by atoms with Crippen molar-refractivity contribution in [3.8, 4) is 5.75 Å². The van der Waals surface area contributed by atoms with Crippen LogP contribution in [0, 0.1) is 0 Å². The van der Waals surface area contributed by atoms with Gasteiger partial charge < -0.3 is 23.5 Å². The van der Waals surface area contributed by atoms with Crippen LogP contribution < -0.4 is 9.64 Å². The number of oxazole rings is 1. The minimum atomic E-state index is -0.679. The summed E-state index contributed by atoms with van der Waals surface area (Å²) in [4.78, 5) is 18.6. The van der Waals surface area contributed by atoms with Crippen LogP contribution in [0.25, 0.3) is 11.1 Å². The van der Waals surface area contributed by atoms with Crippen molar-refractivity contribution in [1.29, 1.82) is 0 Å². The molecule has 176 valence electrons. The molecule has 0 fully saturated rings. The number of carbonyl (C=O) groups is 1. The zero-order valence-electron chi connectivity index (χ0n) is 19.3. The number of benzene rings is 3. The molecule has 4 rings (SSSR count). The van der Waals surface area contributed by atoms with Gasteiger partial charge in [0.2, 0.25) is 0 Å². The Kier molecular flexibility index (Phi) is 7.78. The number of hydrogen-bond donors (Lipinski definition) is 0. The summed E-state index contributed by atoms with van der Waals surface area (Å²) in [5.41, 5.74) is 3.56. The minimum Gasteiger partial charge on any atom is -0.492 e. The van der Waals surface area contributed by atoms with Crippen molar-refractivity contribution < 1.29 is 23.4 Å². The predicted molar refractivity (Wildman–Crippen MR) is 130 cm³/mol. The summed E-state index contributed by atoms with van der Waals surface area (Å²) in [5, 5.41) is 0. The molecule has 0 spiro atoms. The number of ether oxygens (including phenoxy) is 3. The van der Waals surface area contributed by atoms with Gasteiger partial charge in [0, 0.05) is 13.5 Å². The number of esters is 1. The van der Waals surface area contributed by atoms with Gasteiger partial charge in [-0.3, -0.25) is 0 Å². The maximum atomic E-state index is 12.2. The van der Waals surface area contributed by atoms with Crippen LogP contribution in [-0.2, 0) is 27.3 Å². The summed E-state index contributed by atoms with van der Waals surface area (Å²) in [6.45, 7) is 1.43. The van der Waals surface area contributed by atoms with E-state index in [0.717, 1.165) is 28.0 Å². The van der Waals surface area contributed by atoms with Gasteiger partial charge in [-0.25, -0.2) is 4.79 Å². The first-order valence-corrected chi connectivity index (χ1v) is 11.1. The average molecular weight is 461 g/mol. The lowest BCUT2D eigenvalue weighted by Crippen LogP contribution is -2.28. The molecule has 4 aromatic rings. The van der Waals surface area contributed by atoms with Crippen LogP contribution in [0.1, 0.15) is 11.1 Å². The van der Waals surface area contributed by atoms with Crippen LogP contribution in [0.5, 0.6) is 5.75 Å². The molecule has 1 aromatic heterocycles. The number of carbonyl (C=O) groups excluding carboxylic acids is 1. The molecule has 7 heteroatoms. The lowest BCUT2D eigenvalue weighted by atomic mass is 10.1. The monoisotopic (exact) mass is 460 g/mol. The summed E-state index contributed by atoms with van der Waals surface area (Å²) in [6.07, 6.45) is -0.262. The fraction of sp³-hybridized carbons (Fsp3) is 0.259. The van der Waals surface area contributed by atoms with Crippen molar-refractivity contribution >= 4 is 23.1 Å². The highest BCUT2D eigenvalue weighted by molar-refractivity contribution is 5.75. The molecule has 0 amide bonds. The van der Waals surface area contributed by atoms with Gasteiger partial charge in [0.1, 0.15) is 17.9 Å². The van der Waals surface area contributed by atoms with Crippen molar-refractivity contribution in [1.82, 2.24) is 4.98 Å². The summed E-state index contributed by atoms with van der Waals surface area (Å²) in [7, 11) is 3.29. The highest BCUT2D eigenvalue weighted by atomic mass is 16.6. The van der Waals surface area contributed by atoms with Gasteiger partial charge in [-0.15, -0.1) is 0 Å². The maximum Gasteiger partial charge on any atom is 0.335 e. The Bertz CT molecular complexity index is 1160. The lowest BCUT2D eigenvalue weighted by Gasteiger charge is -2.17. The number of para-hydroxylation sites is 2. The van der Waals surface area contributed by atoms with Gasteiger partial charge in [-0.2, -0.15) is 4.98 Å². The summed E-state index contributed by atoms with van der Waals surface area (Å²) in [5.74, 6) is 0.355. The van der Waals surface area contributed by atoms with E-state index in [1.807, 2.05) is 90.8 Å². The number of hydrogen-bond acceptors (Lipinski definition) is 7. The zero-order chi connectivity index (χ0) is 23.8. The largest absolute Gasteiger partial charge is 0.492 e. The molecule has 0 aliphatic rings. The normalized spacial score (nSPS) is 11.8. The molecule has 1 atom stereocenters. The van der Waals surface area contributed by atoms with E-state index in [1.165, 1.54) is 7.11 Å². The first kappa shape index (κ1) is 23.3. The second-order valence-corrected chi connectivity index (χ2v) is 7.89. The molecule has 0 aliphatic heterocycles. The van der Waals surface area contributed by atoms with Crippen LogP contribution in [0.15, 0.2) is 83.3 Å². The number of nitrogens with zero attached hydrogens (tertiary/aromatic N) is 2. The Morgan fingerprint density at radius 2 is 1.71 bits per heavy atom. The van der Waals surface area contributed by atoms with Crippen molar-refractivity contribution in [2.45, 2.75) is 19.1 Å². The number of aromatic nitrogens is 1. The maximum absolute atomic E-state index is 12.2. The molecule has 0 aliphatic carbocycles. The van der Waals surface area contributed by atoms with Crippen molar-refractivity contribution in [2.75, 3.05) is 32.2 Å². The molecule has 7 nitrogen and oxygen atoms in total. The molecule has 3 aromatic carbocycles. The molecule has 34 heavy (non-hydrogen) atoms. The molecule has 1 heterocycles. The first-order chi connectivity index (χ1) is 16.6. The molecular formula is C27H28N2O5. The standard InChI is InChI=1S/C27H28N2O5/c1-29(27-28-23-10-6-7-11-24(23)34-27)16-17-32-22-14-12-20(13-15-22)18-25(26(30)31-2)33-19-21-8-4-3-5-9-21/h3-15,25H,16-19H2,1-2H3. The van der Waals surface area contributed by atoms with Crippen LogP contribution in [-0.4, -0.2) is 44.4 Å². The fourth-order valence-corrected chi connectivity index (χ4v) is 3.47. The molecule has 0 bridgehead atoms. The lowest BCUT2D eigenvalue weighted by molar-refractivity contribution is -0.154. The van der Waals surface area contributed by atoms with E-state index < -0.39 is 12.1 Å². The van der Waals surface area contributed by atoms with Gasteiger partial charge in [0.25, 0.3) is 6.01 Å². The SMILES string of the molecule is COC(=O)C(Cc1ccc(OCCN(C)c2nc3ccccc3o2)cc1)OCc1ccccc1. The van der Waals surface area contributed by atoms with E-state index in [0.29, 0.717) is 32.2 Å². The zero-order valence-corrected chi connectivity index (χ0v) is 19.3.